The lowest BCUT2D eigenvalue weighted by molar-refractivity contribution is -0.383. The van der Waals surface area contributed by atoms with Gasteiger partial charge in [0.25, 0.3) is 5.69 Å². The Bertz CT molecular complexity index is 902. The lowest BCUT2D eigenvalue weighted by Crippen LogP contribution is -2.05. The van der Waals surface area contributed by atoms with E-state index >= 15 is 0 Å². The van der Waals surface area contributed by atoms with Crippen LogP contribution in [-0.4, -0.2) is 4.92 Å². The average Bonchev–Trinajstić information content (AvgIpc) is 2.55. The van der Waals surface area contributed by atoms with Crippen LogP contribution in [0.2, 0.25) is 0 Å². The van der Waals surface area contributed by atoms with Crippen molar-refractivity contribution in [1.29, 1.82) is 0 Å². The number of non-ortho nitro benzene ring substituents is 1. The summed E-state index contributed by atoms with van der Waals surface area (Å²) >= 11 is 0. The van der Waals surface area contributed by atoms with Crippen molar-refractivity contribution in [3.05, 3.63) is 86.5 Å². The van der Waals surface area contributed by atoms with Crippen molar-refractivity contribution < 1.29 is 14.1 Å². The first-order valence-electron chi connectivity index (χ1n) is 6.97. The van der Waals surface area contributed by atoms with E-state index in [1.807, 2.05) is 30.3 Å². The van der Waals surface area contributed by atoms with E-state index < -0.39 is 10.5 Å². The monoisotopic (exact) mass is 311 g/mol. The van der Waals surface area contributed by atoms with Crippen LogP contribution in [0.5, 0.6) is 0 Å². The number of hydrogen-bond donors (Lipinski definition) is 0. The fourth-order valence-corrected chi connectivity index (χ4v) is 2.32. The van der Waals surface area contributed by atoms with Gasteiger partial charge in [0.15, 0.2) is 0 Å². The highest BCUT2D eigenvalue weighted by Gasteiger charge is 2.15. The van der Waals surface area contributed by atoms with E-state index in [0.717, 1.165) is 5.56 Å². The fraction of sp³-hybridized carbons (Fsp3) is 0.118. The lowest BCUT2D eigenvalue weighted by Gasteiger charge is -2.05. The lowest BCUT2D eigenvalue weighted by atomic mass is 10.1. The molecule has 0 spiro atoms. The second kappa shape index (κ2) is 6.41. The third-order valence-electron chi connectivity index (χ3n) is 3.38. The molecule has 1 heterocycles. The minimum absolute atomic E-state index is 0.0616. The molecule has 0 bridgehead atoms. The van der Waals surface area contributed by atoms with Crippen LogP contribution in [-0.2, 0) is 18.0 Å². The smallest absolute Gasteiger partial charge is 0.344 e. The Morgan fingerprint density at radius 2 is 1.78 bits per heavy atom. The van der Waals surface area contributed by atoms with Crippen molar-refractivity contribution in [2.75, 3.05) is 0 Å². The molecule has 0 atom stereocenters. The Hall–Kier alpha value is -2.99. The molecule has 0 fully saturated rings. The van der Waals surface area contributed by atoms with Gasteiger partial charge in [-0.05, 0) is 17.7 Å². The van der Waals surface area contributed by atoms with Crippen LogP contribution in [0.15, 0.2) is 63.8 Å². The summed E-state index contributed by atoms with van der Waals surface area (Å²) in [5.74, 6) is 0.257. The summed E-state index contributed by atoms with van der Waals surface area (Å²) in [5, 5.41) is 11.5. The zero-order chi connectivity index (χ0) is 16.2. The summed E-state index contributed by atoms with van der Waals surface area (Å²) < 4.78 is 10.7. The number of fused-ring (bicyclic) bond motifs is 1. The first-order valence-corrected chi connectivity index (χ1v) is 6.97. The van der Waals surface area contributed by atoms with Crippen LogP contribution in [0.1, 0.15) is 11.3 Å². The quantitative estimate of drug-likeness (QED) is 0.532. The summed E-state index contributed by atoms with van der Waals surface area (Å²) in [7, 11) is 0. The highest BCUT2D eigenvalue weighted by molar-refractivity contribution is 5.89. The number of benzene rings is 2. The predicted octanol–water partition coefficient (Wildman–Crippen LogP) is 3.42. The molecule has 6 nitrogen and oxygen atoms in total. The maximum absolute atomic E-state index is 12.0. The summed E-state index contributed by atoms with van der Waals surface area (Å²) in [5.41, 5.74) is 0.255. The molecular formula is C17H13NO5. The Balaban J connectivity index is 1.85. The molecule has 0 N–H and O–H groups in total. The van der Waals surface area contributed by atoms with E-state index in [1.165, 1.54) is 24.3 Å². The SMILES string of the molecule is O=c1oc(COCc2ccccc2)cc2c([N+](=O)[O-])cccc12. The van der Waals surface area contributed by atoms with Crippen LogP contribution in [0, 0.1) is 10.1 Å². The molecule has 0 unspecified atom stereocenters. The van der Waals surface area contributed by atoms with Gasteiger partial charge in [-0.15, -0.1) is 0 Å². The Labute approximate surface area is 131 Å². The second-order valence-corrected chi connectivity index (χ2v) is 4.97. The molecule has 3 aromatic rings. The van der Waals surface area contributed by atoms with E-state index in [1.54, 1.807) is 0 Å². The predicted molar refractivity (Wildman–Crippen MR) is 84.1 cm³/mol. The normalized spacial score (nSPS) is 10.8. The summed E-state index contributed by atoms with van der Waals surface area (Å²) in [6.07, 6.45) is 0. The van der Waals surface area contributed by atoms with Gasteiger partial charge < -0.3 is 9.15 Å². The van der Waals surface area contributed by atoms with Crippen molar-refractivity contribution in [1.82, 2.24) is 0 Å². The number of hydrogen-bond acceptors (Lipinski definition) is 5. The molecule has 0 aliphatic heterocycles. The highest BCUT2D eigenvalue weighted by Crippen LogP contribution is 2.24. The Kier molecular flexibility index (Phi) is 4.16. The number of nitro benzene ring substituents is 1. The van der Waals surface area contributed by atoms with Gasteiger partial charge in [-0.2, -0.15) is 0 Å². The fourth-order valence-electron chi connectivity index (χ4n) is 2.32. The minimum atomic E-state index is -0.607. The Morgan fingerprint density at radius 1 is 1.00 bits per heavy atom. The molecule has 0 saturated carbocycles. The van der Waals surface area contributed by atoms with Crippen molar-refractivity contribution >= 4 is 16.5 Å². The van der Waals surface area contributed by atoms with Gasteiger partial charge in [0.05, 0.1) is 22.3 Å². The number of nitrogens with zero attached hydrogens (tertiary/aromatic N) is 1. The molecule has 116 valence electrons. The molecule has 3 rings (SSSR count). The van der Waals surface area contributed by atoms with Gasteiger partial charge in [-0.3, -0.25) is 10.1 Å². The molecule has 0 aliphatic carbocycles. The van der Waals surface area contributed by atoms with Gasteiger partial charge in [-0.25, -0.2) is 4.79 Å². The van der Waals surface area contributed by atoms with Crippen LogP contribution >= 0.6 is 0 Å². The third kappa shape index (κ3) is 3.27. The van der Waals surface area contributed by atoms with Crippen LogP contribution in [0.25, 0.3) is 10.8 Å². The number of ether oxygens (including phenoxy) is 1. The maximum Gasteiger partial charge on any atom is 0.344 e. The third-order valence-corrected chi connectivity index (χ3v) is 3.38. The molecule has 1 aromatic heterocycles. The van der Waals surface area contributed by atoms with E-state index in [2.05, 4.69) is 0 Å². The molecule has 0 amide bonds. The molecule has 6 heteroatoms. The van der Waals surface area contributed by atoms with Gasteiger partial charge >= 0.3 is 5.63 Å². The Morgan fingerprint density at radius 3 is 2.52 bits per heavy atom. The van der Waals surface area contributed by atoms with Crippen molar-refractivity contribution in [2.45, 2.75) is 13.2 Å². The standard InChI is InChI=1S/C17H13NO5/c19-17-14-7-4-8-16(18(20)21)15(14)9-13(23-17)11-22-10-12-5-2-1-3-6-12/h1-9H,10-11H2. The zero-order valence-corrected chi connectivity index (χ0v) is 12.1. The van der Waals surface area contributed by atoms with E-state index in [-0.39, 0.29) is 28.8 Å². The number of nitro groups is 1. The second-order valence-electron chi connectivity index (χ2n) is 4.97. The highest BCUT2D eigenvalue weighted by atomic mass is 16.6. The summed E-state index contributed by atoms with van der Waals surface area (Å²) in [6, 6.07) is 15.4. The summed E-state index contributed by atoms with van der Waals surface area (Å²) in [6.45, 7) is 0.422. The van der Waals surface area contributed by atoms with E-state index in [4.69, 9.17) is 9.15 Å². The number of rotatable bonds is 5. The van der Waals surface area contributed by atoms with Gasteiger partial charge in [0.1, 0.15) is 12.4 Å². The van der Waals surface area contributed by atoms with Gasteiger partial charge in [0.2, 0.25) is 0 Å². The van der Waals surface area contributed by atoms with Crippen molar-refractivity contribution in [3.8, 4) is 0 Å². The molecule has 2 aromatic carbocycles. The van der Waals surface area contributed by atoms with Crippen molar-refractivity contribution in [2.24, 2.45) is 0 Å². The largest absolute Gasteiger partial charge is 0.425 e. The molecular weight excluding hydrogens is 298 g/mol. The van der Waals surface area contributed by atoms with Crippen LogP contribution < -0.4 is 5.63 Å². The maximum atomic E-state index is 12.0. The van der Waals surface area contributed by atoms with E-state index in [0.29, 0.717) is 6.61 Å². The molecule has 23 heavy (non-hydrogen) atoms. The summed E-state index contributed by atoms with van der Waals surface area (Å²) in [4.78, 5) is 22.5. The van der Waals surface area contributed by atoms with Gasteiger partial charge in [-0.1, -0.05) is 36.4 Å². The van der Waals surface area contributed by atoms with E-state index in [9.17, 15) is 14.9 Å². The zero-order valence-electron chi connectivity index (χ0n) is 12.1. The molecule has 0 saturated heterocycles. The topological polar surface area (TPSA) is 82.6 Å². The minimum Gasteiger partial charge on any atom is -0.425 e. The average molecular weight is 311 g/mol. The van der Waals surface area contributed by atoms with Crippen LogP contribution in [0.4, 0.5) is 5.69 Å². The van der Waals surface area contributed by atoms with Crippen molar-refractivity contribution in [3.63, 3.8) is 0 Å². The van der Waals surface area contributed by atoms with Gasteiger partial charge in [0, 0.05) is 6.07 Å². The molecule has 0 aliphatic rings. The first-order chi connectivity index (χ1) is 11.1. The van der Waals surface area contributed by atoms with Crippen LogP contribution in [0.3, 0.4) is 0 Å². The first kappa shape index (κ1) is 14.9. The molecule has 0 radical (unpaired) electrons.